The van der Waals surface area contributed by atoms with Crippen LogP contribution in [0.4, 0.5) is 0 Å². The summed E-state index contributed by atoms with van der Waals surface area (Å²) in [5.74, 6) is 6.08. The molecule has 1 heteroatoms. The van der Waals surface area contributed by atoms with Crippen LogP contribution in [0.2, 0.25) is 0 Å². The third-order valence-electron chi connectivity index (χ3n) is 7.38. The van der Waals surface area contributed by atoms with Gasteiger partial charge in [0, 0.05) is 5.92 Å². The van der Waals surface area contributed by atoms with Crippen molar-refractivity contribution in [1.29, 1.82) is 0 Å². The lowest BCUT2D eigenvalue weighted by molar-refractivity contribution is -0.119. The molecule has 0 aliphatic heterocycles. The molecule has 4 aliphatic carbocycles. The molecule has 4 aliphatic rings. The van der Waals surface area contributed by atoms with Gasteiger partial charge in [0.25, 0.3) is 0 Å². The van der Waals surface area contributed by atoms with E-state index in [4.69, 9.17) is 0 Å². The molecule has 0 saturated heterocycles. The predicted molar refractivity (Wildman–Crippen MR) is 76.7 cm³/mol. The van der Waals surface area contributed by atoms with Crippen molar-refractivity contribution >= 4 is 6.29 Å². The summed E-state index contributed by atoms with van der Waals surface area (Å²) in [6.07, 6.45) is 15.7. The highest BCUT2D eigenvalue weighted by Gasteiger charge is 2.51. The van der Waals surface area contributed by atoms with Crippen LogP contribution >= 0.6 is 0 Å². The number of hydrogen-bond acceptors (Lipinski definition) is 1. The molecule has 0 radical (unpaired) electrons. The highest BCUT2D eigenvalue weighted by molar-refractivity contribution is 5.54. The summed E-state index contributed by atoms with van der Waals surface area (Å²) in [5, 5.41) is 0. The Morgan fingerprint density at radius 1 is 0.632 bits per heavy atom. The van der Waals surface area contributed by atoms with E-state index in [2.05, 4.69) is 0 Å². The van der Waals surface area contributed by atoms with Crippen molar-refractivity contribution < 1.29 is 4.79 Å². The first kappa shape index (κ1) is 12.4. The summed E-state index contributed by atoms with van der Waals surface area (Å²) >= 11 is 0. The van der Waals surface area contributed by atoms with Crippen LogP contribution in [0, 0.1) is 41.4 Å². The van der Waals surface area contributed by atoms with Gasteiger partial charge in [-0.1, -0.05) is 25.7 Å². The second kappa shape index (κ2) is 4.90. The summed E-state index contributed by atoms with van der Waals surface area (Å²) in [6, 6.07) is 0. The normalized spacial score (nSPS) is 52.9. The van der Waals surface area contributed by atoms with Gasteiger partial charge in [-0.25, -0.2) is 0 Å². The van der Waals surface area contributed by atoms with E-state index in [-0.39, 0.29) is 0 Å². The lowest BCUT2D eigenvalue weighted by Gasteiger charge is -2.53. The van der Waals surface area contributed by atoms with Crippen molar-refractivity contribution in [3.8, 4) is 0 Å². The molecule has 0 heterocycles. The van der Waals surface area contributed by atoms with Crippen LogP contribution in [0.5, 0.6) is 0 Å². The molecule has 1 nitrogen and oxygen atoms in total. The van der Waals surface area contributed by atoms with Crippen molar-refractivity contribution in [3.63, 3.8) is 0 Å². The number of rotatable bonds is 1. The Balaban J connectivity index is 1.60. The molecular formula is C18H28O. The average molecular weight is 260 g/mol. The van der Waals surface area contributed by atoms with E-state index in [0.717, 1.165) is 35.5 Å². The van der Waals surface area contributed by atoms with Crippen LogP contribution in [0.25, 0.3) is 0 Å². The van der Waals surface area contributed by atoms with Gasteiger partial charge in [0.15, 0.2) is 0 Å². The first-order valence-electron chi connectivity index (χ1n) is 8.84. The number of aldehydes is 1. The highest BCUT2D eigenvalue weighted by atomic mass is 16.1. The molecule has 4 saturated carbocycles. The zero-order chi connectivity index (χ0) is 12.8. The molecular weight excluding hydrogens is 232 g/mol. The van der Waals surface area contributed by atoms with Gasteiger partial charge in [-0.15, -0.1) is 0 Å². The molecule has 0 amide bonds. The molecule has 7 atom stereocenters. The fraction of sp³-hybridized carbons (Fsp3) is 0.944. The van der Waals surface area contributed by atoms with Gasteiger partial charge < -0.3 is 4.79 Å². The Morgan fingerprint density at radius 3 is 2.26 bits per heavy atom. The molecule has 0 aromatic rings. The van der Waals surface area contributed by atoms with Gasteiger partial charge in [-0.2, -0.15) is 0 Å². The summed E-state index contributed by atoms with van der Waals surface area (Å²) < 4.78 is 0. The summed E-state index contributed by atoms with van der Waals surface area (Å²) in [4.78, 5) is 11.5. The highest BCUT2D eigenvalue weighted by Crippen LogP contribution is 2.59. The maximum absolute atomic E-state index is 11.5. The molecule has 2 unspecified atom stereocenters. The van der Waals surface area contributed by atoms with E-state index in [1.54, 1.807) is 0 Å². The van der Waals surface area contributed by atoms with E-state index in [0.29, 0.717) is 5.92 Å². The average Bonchev–Trinajstić information content (AvgIpc) is 2.95. The van der Waals surface area contributed by atoms with Crippen LogP contribution < -0.4 is 0 Å². The minimum Gasteiger partial charge on any atom is -0.303 e. The second-order valence-electron chi connectivity index (χ2n) is 7.91. The van der Waals surface area contributed by atoms with E-state index in [1.165, 1.54) is 70.5 Å². The topological polar surface area (TPSA) is 17.1 Å². The van der Waals surface area contributed by atoms with E-state index < -0.39 is 0 Å². The van der Waals surface area contributed by atoms with Crippen LogP contribution in [-0.4, -0.2) is 6.29 Å². The summed E-state index contributed by atoms with van der Waals surface area (Å²) in [5.41, 5.74) is 0. The van der Waals surface area contributed by atoms with Crippen molar-refractivity contribution in [2.24, 2.45) is 41.4 Å². The fourth-order valence-electron chi connectivity index (χ4n) is 6.70. The Kier molecular flexibility index (Phi) is 3.20. The smallest absolute Gasteiger partial charge is 0.123 e. The van der Waals surface area contributed by atoms with Gasteiger partial charge in [-0.05, 0) is 74.0 Å². The molecule has 19 heavy (non-hydrogen) atoms. The van der Waals surface area contributed by atoms with Crippen LogP contribution in [-0.2, 0) is 4.79 Å². The first-order chi connectivity index (χ1) is 9.38. The zero-order valence-electron chi connectivity index (χ0n) is 12.1. The molecule has 0 aromatic heterocycles. The van der Waals surface area contributed by atoms with Crippen molar-refractivity contribution in [3.05, 3.63) is 0 Å². The summed E-state index contributed by atoms with van der Waals surface area (Å²) in [6.45, 7) is 0. The van der Waals surface area contributed by atoms with Gasteiger partial charge in [0.05, 0.1) is 0 Å². The fourth-order valence-corrected chi connectivity index (χ4v) is 6.70. The zero-order valence-corrected chi connectivity index (χ0v) is 12.1. The number of carbonyl (C=O) groups excluding carboxylic acids is 1. The van der Waals surface area contributed by atoms with Crippen LogP contribution in [0.15, 0.2) is 0 Å². The summed E-state index contributed by atoms with van der Waals surface area (Å²) in [7, 11) is 0. The lowest BCUT2D eigenvalue weighted by atomic mass is 9.52. The third-order valence-corrected chi connectivity index (χ3v) is 7.38. The Labute approximate surface area is 117 Å². The molecule has 0 N–H and O–H groups in total. The quantitative estimate of drug-likeness (QED) is 0.636. The SMILES string of the molecule is O=CC1C[C@H]2[C@@H](CCC3CCCC[C@@H]32)[C@H]2CCC[C@H]12. The minimum atomic E-state index is 0.425. The molecule has 0 spiro atoms. The van der Waals surface area contributed by atoms with Gasteiger partial charge >= 0.3 is 0 Å². The van der Waals surface area contributed by atoms with Crippen LogP contribution in [0.1, 0.15) is 64.2 Å². The lowest BCUT2D eigenvalue weighted by Crippen LogP contribution is -2.46. The largest absolute Gasteiger partial charge is 0.303 e. The van der Waals surface area contributed by atoms with E-state index in [9.17, 15) is 4.79 Å². The predicted octanol–water partition coefficient (Wildman–Crippen LogP) is 4.45. The molecule has 4 fully saturated rings. The number of fused-ring (bicyclic) bond motifs is 5. The maximum Gasteiger partial charge on any atom is 0.123 e. The van der Waals surface area contributed by atoms with Crippen molar-refractivity contribution in [2.45, 2.75) is 64.2 Å². The van der Waals surface area contributed by atoms with Crippen molar-refractivity contribution in [2.75, 3.05) is 0 Å². The van der Waals surface area contributed by atoms with E-state index in [1.807, 2.05) is 0 Å². The van der Waals surface area contributed by atoms with Crippen molar-refractivity contribution in [1.82, 2.24) is 0 Å². The molecule has 0 aromatic carbocycles. The second-order valence-corrected chi connectivity index (χ2v) is 7.91. The third kappa shape index (κ3) is 1.91. The minimum absolute atomic E-state index is 0.425. The van der Waals surface area contributed by atoms with Gasteiger partial charge in [0.1, 0.15) is 6.29 Å². The Bertz CT molecular complexity index is 350. The first-order valence-corrected chi connectivity index (χ1v) is 8.84. The number of carbonyl (C=O) groups is 1. The monoisotopic (exact) mass is 260 g/mol. The maximum atomic E-state index is 11.5. The van der Waals surface area contributed by atoms with Crippen LogP contribution in [0.3, 0.4) is 0 Å². The Morgan fingerprint density at radius 2 is 1.37 bits per heavy atom. The molecule has 106 valence electrons. The number of hydrogen-bond donors (Lipinski definition) is 0. The van der Waals surface area contributed by atoms with Gasteiger partial charge in [0.2, 0.25) is 0 Å². The van der Waals surface area contributed by atoms with E-state index >= 15 is 0 Å². The molecule has 0 bridgehead atoms. The standard InChI is InChI=1S/C18H28O/c19-11-13-10-18-14-5-2-1-4-12(14)8-9-17(18)16-7-3-6-15(13)16/h11-18H,1-10H2/t12?,13?,14-,15+,16-,17-,18+/m0/s1. The molecule has 4 rings (SSSR count). The van der Waals surface area contributed by atoms with Gasteiger partial charge in [-0.3, -0.25) is 0 Å². The Hall–Kier alpha value is -0.330.